The van der Waals surface area contributed by atoms with E-state index < -0.39 is 0 Å². The van der Waals surface area contributed by atoms with E-state index >= 15 is 0 Å². The lowest BCUT2D eigenvalue weighted by atomic mass is 10.0. The average Bonchev–Trinajstić information content (AvgIpc) is 2.85. The van der Waals surface area contributed by atoms with Crippen molar-refractivity contribution < 1.29 is 0 Å². The Morgan fingerprint density at radius 2 is 2.11 bits per heavy atom. The second-order valence-electron chi connectivity index (χ2n) is 6.13. The number of hydrogen-bond donors (Lipinski definition) is 1. The predicted octanol–water partition coefficient (Wildman–Crippen LogP) is 2.19. The number of likely N-dealkylation sites (tertiary alicyclic amines) is 1. The lowest BCUT2D eigenvalue weighted by Gasteiger charge is -2.27. The number of nitrogens with two attached hydrogens (primary N) is 1. The minimum atomic E-state index is 0.244. The molecule has 18 heavy (non-hydrogen) atoms. The van der Waals surface area contributed by atoms with Gasteiger partial charge in [-0.1, -0.05) is 13.8 Å². The van der Waals surface area contributed by atoms with Crippen molar-refractivity contribution in [3.05, 3.63) is 18.0 Å². The van der Waals surface area contributed by atoms with Gasteiger partial charge in [-0.15, -0.1) is 0 Å². The summed E-state index contributed by atoms with van der Waals surface area (Å²) in [5.74, 6) is 0.679. The average molecular weight is 250 g/mol. The number of aromatic nitrogens is 2. The zero-order valence-electron chi connectivity index (χ0n) is 12.0. The summed E-state index contributed by atoms with van der Waals surface area (Å²) < 4.78 is 2.02. The van der Waals surface area contributed by atoms with Crippen LogP contribution in [-0.2, 0) is 0 Å². The number of nitrogens with zero attached hydrogens (tertiary/aromatic N) is 3. The second-order valence-corrected chi connectivity index (χ2v) is 6.13. The van der Waals surface area contributed by atoms with Crippen LogP contribution in [-0.4, -0.2) is 33.8 Å². The monoisotopic (exact) mass is 250 g/mol. The summed E-state index contributed by atoms with van der Waals surface area (Å²) in [6.45, 7) is 11.0. The van der Waals surface area contributed by atoms with Crippen LogP contribution in [0.4, 0.5) is 0 Å². The largest absolute Gasteiger partial charge is 0.326 e. The molecule has 2 rings (SSSR count). The predicted molar refractivity (Wildman–Crippen MR) is 74.4 cm³/mol. The molecule has 1 fully saturated rings. The minimum absolute atomic E-state index is 0.244. The van der Waals surface area contributed by atoms with Crippen molar-refractivity contribution in [2.75, 3.05) is 13.1 Å². The van der Waals surface area contributed by atoms with E-state index in [1.54, 1.807) is 0 Å². The molecule has 1 aliphatic heterocycles. The summed E-state index contributed by atoms with van der Waals surface area (Å²) in [4.78, 5) is 2.51. The fourth-order valence-corrected chi connectivity index (χ4v) is 2.80. The van der Waals surface area contributed by atoms with E-state index in [4.69, 9.17) is 5.73 Å². The zero-order valence-corrected chi connectivity index (χ0v) is 12.0. The van der Waals surface area contributed by atoms with E-state index in [0.717, 1.165) is 19.5 Å². The minimum Gasteiger partial charge on any atom is -0.326 e. The van der Waals surface area contributed by atoms with Gasteiger partial charge in [-0.25, -0.2) is 0 Å². The van der Waals surface area contributed by atoms with Crippen LogP contribution in [0.3, 0.4) is 0 Å². The third kappa shape index (κ3) is 2.75. The molecule has 102 valence electrons. The normalized spacial score (nSPS) is 25.5. The SMILES string of the molecule is CC(C)CN1CCC(N)C1c1cnn(C(C)C)c1. The van der Waals surface area contributed by atoms with Gasteiger partial charge in [0.25, 0.3) is 0 Å². The highest BCUT2D eigenvalue weighted by Crippen LogP contribution is 2.31. The van der Waals surface area contributed by atoms with Gasteiger partial charge in [-0.3, -0.25) is 9.58 Å². The van der Waals surface area contributed by atoms with Crippen molar-refractivity contribution in [2.24, 2.45) is 11.7 Å². The Morgan fingerprint density at radius 1 is 1.39 bits per heavy atom. The molecule has 0 spiro atoms. The Bertz CT molecular complexity index is 383. The van der Waals surface area contributed by atoms with Crippen molar-refractivity contribution >= 4 is 0 Å². The summed E-state index contributed by atoms with van der Waals surface area (Å²) in [5.41, 5.74) is 7.56. The van der Waals surface area contributed by atoms with E-state index in [2.05, 4.69) is 43.9 Å². The van der Waals surface area contributed by atoms with Crippen molar-refractivity contribution in [3.63, 3.8) is 0 Å². The summed E-state index contributed by atoms with van der Waals surface area (Å²) in [5, 5.41) is 4.44. The lowest BCUT2D eigenvalue weighted by molar-refractivity contribution is 0.221. The van der Waals surface area contributed by atoms with E-state index in [1.807, 2.05) is 10.9 Å². The van der Waals surface area contributed by atoms with Gasteiger partial charge in [0.1, 0.15) is 0 Å². The fourth-order valence-electron chi connectivity index (χ4n) is 2.80. The smallest absolute Gasteiger partial charge is 0.0538 e. The van der Waals surface area contributed by atoms with Gasteiger partial charge in [0.2, 0.25) is 0 Å². The quantitative estimate of drug-likeness (QED) is 0.891. The van der Waals surface area contributed by atoms with Crippen LogP contribution >= 0.6 is 0 Å². The Hall–Kier alpha value is -0.870. The second kappa shape index (κ2) is 5.41. The Balaban J connectivity index is 2.17. The topological polar surface area (TPSA) is 47.1 Å². The Labute approximate surface area is 110 Å². The molecular formula is C14H26N4. The maximum Gasteiger partial charge on any atom is 0.0538 e. The Morgan fingerprint density at radius 3 is 2.67 bits per heavy atom. The maximum atomic E-state index is 6.28. The molecule has 1 aliphatic rings. The molecule has 2 N–H and O–H groups in total. The van der Waals surface area contributed by atoms with Gasteiger partial charge < -0.3 is 5.73 Å². The van der Waals surface area contributed by atoms with Crippen LogP contribution in [0.5, 0.6) is 0 Å². The number of rotatable bonds is 4. The molecule has 0 aromatic carbocycles. The van der Waals surface area contributed by atoms with Crippen LogP contribution in [0.25, 0.3) is 0 Å². The van der Waals surface area contributed by atoms with Crippen LogP contribution in [0.1, 0.15) is 51.8 Å². The first kappa shape index (κ1) is 13.6. The number of hydrogen-bond acceptors (Lipinski definition) is 3. The maximum absolute atomic E-state index is 6.28. The molecule has 0 amide bonds. The molecule has 2 atom stereocenters. The Kier molecular flexibility index (Phi) is 4.07. The molecule has 1 saturated heterocycles. The summed E-state index contributed by atoms with van der Waals surface area (Å²) in [7, 11) is 0. The van der Waals surface area contributed by atoms with Crippen LogP contribution in [0, 0.1) is 5.92 Å². The highest BCUT2D eigenvalue weighted by Gasteiger charge is 2.33. The third-order valence-electron chi connectivity index (χ3n) is 3.64. The first-order chi connectivity index (χ1) is 8.49. The molecule has 0 saturated carbocycles. The third-order valence-corrected chi connectivity index (χ3v) is 3.64. The summed E-state index contributed by atoms with van der Waals surface area (Å²) in [6, 6.07) is 1.00. The highest BCUT2D eigenvalue weighted by molar-refractivity contribution is 5.16. The molecule has 1 aromatic rings. The molecule has 0 radical (unpaired) electrons. The van der Waals surface area contributed by atoms with E-state index in [1.165, 1.54) is 5.56 Å². The van der Waals surface area contributed by atoms with Crippen LogP contribution in [0.2, 0.25) is 0 Å². The van der Waals surface area contributed by atoms with Crippen molar-refractivity contribution in [1.29, 1.82) is 0 Å². The highest BCUT2D eigenvalue weighted by atomic mass is 15.3. The molecule has 0 aliphatic carbocycles. The van der Waals surface area contributed by atoms with Gasteiger partial charge in [-0.2, -0.15) is 5.10 Å². The lowest BCUT2D eigenvalue weighted by Crippen LogP contribution is -2.33. The molecule has 0 bridgehead atoms. The summed E-state index contributed by atoms with van der Waals surface area (Å²) >= 11 is 0. The fraction of sp³-hybridized carbons (Fsp3) is 0.786. The van der Waals surface area contributed by atoms with Crippen molar-refractivity contribution in [2.45, 2.75) is 52.2 Å². The standard InChI is InChI=1S/C14H26N4/c1-10(2)8-17-6-5-13(15)14(17)12-7-16-18(9-12)11(3)4/h7,9-11,13-14H,5-6,8,15H2,1-4H3. The van der Waals surface area contributed by atoms with Gasteiger partial charge in [0.05, 0.1) is 12.2 Å². The van der Waals surface area contributed by atoms with Crippen LogP contribution in [0.15, 0.2) is 12.4 Å². The first-order valence-corrected chi connectivity index (χ1v) is 7.02. The molecule has 1 aromatic heterocycles. The zero-order chi connectivity index (χ0) is 13.3. The van der Waals surface area contributed by atoms with Crippen molar-refractivity contribution in [3.8, 4) is 0 Å². The van der Waals surface area contributed by atoms with Crippen molar-refractivity contribution in [1.82, 2.24) is 14.7 Å². The molecular weight excluding hydrogens is 224 g/mol. The van der Waals surface area contributed by atoms with E-state index in [0.29, 0.717) is 18.0 Å². The molecule has 4 heteroatoms. The summed E-state index contributed by atoms with van der Waals surface area (Å²) in [6.07, 6.45) is 5.24. The van der Waals surface area contributed by atoms with Gasteiger partial charge in [0, 0.05) is 36.9 Å². The van der Waals surface area contributed by atoms with Gasteiger partial charge >= 0.3 is 0 Å². The van der Waals surface area contributed by atoms with E-state index in [9.17, 15) is 0 Å². The van der Waals surface area contributed by atoms with Gasteiger partial charge in [0.15, 0.2) is 0 Å². The van der Waals surface area contributed by atoms with Crippen LogP contribution < -0.4 is 5.73 Å². The van der Waals surface area contributed by atoms with E-state index in [-0.39, 0.29) is 6.04 Å². The first-order valence-electron chi connectivity index (χ1n) is 7.02. The molecule has 2 unspecified atom stereocenters. The molecule has 4 nitrogen and oxygen atoms in total. The molecule has 2 heterocycles. The van der Waals surface area contributed by atoms with Gasteiger partial charge in [-0.05, 0) is 26.2 Å².